The van der Waals surface area contributed by atoms with Gasteiger partial charge in [0.2, 0.25) is 0 Å². The SMILES string of the molecule is CCC(C)C(C)NC(=O)c1cccc(C(F)(F)F)c1N. The topological polar surface area (TPSA) is 55.1 Å². The largest absolute Gasteiger partial charge is 0.418 e. The van der Waals surface area contributed by atoms with Gasteiger partial charge in [0, 0.05) is 6.04 Å². The lowest BCUT2D eigenvalue weighted by Gasteiger charge is -2.21. The Bertz CT molecular complexity index is 486. The van der Waals surface area contributed by atoms with Crippen molar-refractivity contribution in [2.75, 3.05) is 5.73 Å². The smallest absolute Gasteiger partial charge is 0.398 e. The van der Waals surface area contributed by atoms with Crippen molar-refractivity contribution in [3.05, 3.63) is 29.3 Å². The lowest BCUT2D eigenvalue weighted by atomic mass is 10.00. The van der Waals surface area contributed by atoms with Gasteiger partial charge in [-0.25, -0.2) is 0 Å². The van der Waals surface area contributed by atoms with E-state index in [2.05, 4.69) is 5.32 Å². The highest BCUT2D eigenvalue weighted by Crippen LogP contribution is 2.34. The molecule has 2 atom stereocenters. The molecule has 0 aliphatic heterocycles. The number of anilines is 1. The first-order valence-electron chi connectivity index (χ1n) is 6.45. The van der Waals surface area contributed by atoms with Crippen molar-refractivity contribution >= 4 is 11.6 Å². The molecule has 1 aromatic rings. The lowest BCUT2D eigenvalue weighted by Crippen LogP contribution is -2.37. The predicted octanol–water partition coefficient (Wildman–Crippen LogP) is 3.45. The number of nitrogen functional groups attached to an aromatic ring is 1. The predicted molar refractivity (Wildman–Crippen MR) is 72.2 cm³/mol. The van der Waals surface area contributed by atoms with Gasteiger partial charge < -0.3 is 11.1 Å². The maximum Gasteiger partial charge on any atom is 0.418 e. The average molecular weight is 288 g/mol. The first kappa shape index (κ1) is 16.3. The Kier molecular flexibility index (Phi) is 5.03. The van der Waals surface area contributed by atoms with Crippen LogP contribution in [0.3, 0.4) is 0 Å². The molecule has 1 amide bonds. The number of benzene rings is 1. The third kappa shape index (κ3) is 3.65. The van der Waals surface area contributed by atoms with E-state index < -0.39 is 23.3 Å². The van der Waals surface area contributed by atoms with E-state index in [0.29, 0.717) is 0 Å². The van der Waals surface area contributed by atoms with E-state index in [-0.39, 0.29) is 17.5 Å². The fourth-order valence-electron chi connectivity index (χ4n) is 1.79. The van der Waals surface area contributed by atoms with Crippen molar-refractivity contribution in [3.8, 4) is 0 Å². The summed E-state index contributed by atoms with van der Waals surface area (Å²) >= 11 is 0. The van der Waals surface area contributed by atoms with Crippen LogP contribution in [0.1, 0.15) is 43.1 Å². The molecule has 0 fully saturated rings. The third-order valence-electron chi connectivity index (χ3n) is 3.51. The van der Waals surface area contributed by atoms with Crippen LogP contribution in [0.15, 0.2) is 18.2 Å². The molecular weight excluding hydrogens is 269 g/mol. The van der Waals surface area contributed by atoms with Gasteiger partial charge in [-0.2, -0.15) is 13.2 Å². The highest BCUT2D eigenvalue weighted by atomic mass is 19.4. The van der Waals surface area contributed by atoms with E-state index in [1.54, 1.807) is 0 Å². The van der Waals surface area contributed by atoms with Crippen molar-refractivity contribution in [3.63, 3.8) is 0 Å². The molecule has 0 spiro atoms. The van der Waals surface area contributed by atoms with Gasteiger partial charge in [0.05, 0.1) is 16.8 Å². The molecule has 0 aliphatic carbocycles. The Labute approximate surface area is 116 Å². The van der Waals surface area contributed by atoms with Crippen molar-refractivity contribution in [2.24, 2.45) is 5.92 Å². The molecule has 20 heavy (non-hydrogen) atoms. The Morgan fingerprint density at radius 3 is 2.45 bits per heavy atom. The Hall–Kier alpha value is -1.72. The number of nitrogens with one attached hydrogen (secondary N) is 1. The number of amides is 1. The normalized spacial score (nSPS) is 14.7. The molecule has 6 heteroatoms. The monoisotopic (exact) mass is 288 g/mol. The van der Waals surface area contributed by atoms with Crippen LogP contribution >= 0.6 is 0 Å². The van der Waals surface area contributed by atoms with Gasteiger partial charge in [0.1, 0.15) is 0 Å². The van der Waals surface area contributed by atoms with Crippen molar-refractivity contribution in [1.29, 1.82) is 0 Å². The van der Waals surface area contributed by atoms with Crippen molar-refractivity contribution in [2.45, 2.75) is 39.4 Å². The number of nitrogens with two attached hydrogens (primary N) is 1. The fourth-order valence-corrected chi connectivity index (χ4v) is 1.79. The van der Waals surface area contributed by atoms with Gasteiger partial charge >= 0.3 is 6.18 Å². The molecule has 3 N–H and O–H groups in total. The molecule has 0 aromatic heterocycles. The van der Waals surface area contributed by atoms with Gasteiger partial charge in [-0.15, -0.1) is 0 Å². The van der Waals surface area contributed by atoms with Crippen LogP contribution in [0.4, 0.5) is 18.9 Å². The van der Waals surface area contributed by atoms with Crippen LogP contribution in [0, 0.1) is 5.92 Å². The fraction of sp³-hybridized carbons (Fsp3) is 0.500. The van der Waals surface area contributed by atoms with Crippen LogP contribution in [0.25, 0.3) is 0 Å². The molecule has 0 bridgehead atoms. The number of rotatable bonds is 4. The lowest BCUT2D eigenvalue weighted by molar-refractivity contribution is -0.136. The maximum absolute atomic E-state index is 12.7. The summed E-state index contributed by atoms with van der Waals surface area (Å²) < 4.78 is 38.2. The number of hydrogen-bond acceptors (Lipinski definition) is 2. The molecule has 0 saturated heterocycles. The van der Waals surface area contributed by atoms with Crippen LogP contribution in [0.2, 0.25) is 0 Å². The maximum atomic E-state index is 12.7. The van der Waals surface area contributed by atoms with Crippen LogP contribution in [0.5, 0.6) is 0 Å². The molecule has 3 nitrogen and oxygen atoms in total. The molecule has 0 radical (unpaired) electrons. The van der Waals surface area contributed by atoms with E-state index in [1.807, 2.05) is 20.8 Å². The Morgan fingerprint density at radius 2 is 1.95 bits per heavy atom. The highest BCUT2D eigenvalue weighted by molar-refractivity contribution is 6.00. The minimum atomic E-state index is -4.57. The number of hydrogen-bond donors (Lipinski definition) is 2. The van der Waals surface area contributed by atoms with Crippen LogP contribution < -0.4 is 11.1 Å². The molecular formula is C14H19F3N2O. The molecule has 0 saturated carbocycles. The minimum Gasteiger partial charge on any atom is -0.398 e. The highest BCUT2D eigenvalue weighted by Gasteiger charge is 2.34. The summed E-state index contributed by atoms with van der Waals surface area (Å²) in [5.74, 6) is -0.354. The van der Waals surface area contributed by atoms with Crippen LogP contribution in [-0.2, 0) is 6.18 Å². The van der Waals surface area contributed by atoms with E-state index in [0.717, 1.165) is 12.5 Å². The van der Waals surface area contributed by atoms with Gasteiger partial charge in [-0.1, -0.05) is 26.3 Å². The number of alkyl halides is 3. The summed E-state index contributed by atoms with van der Waals surface area (Å²) in [6, 6.07) is 3.21. The summed E-state index contributed by atoms with van der Waals surface area (Å²) in [5.41, 5.74) is 3.81. The second kappa shape index (κ2) is 6.15. The van der Waals surface area contributed by atoms with Crippen molar-refractivity contribution in [1.82, 2.24) is 5.32 Å². The van der Waals surface area contributed by atoms with Gasteiger partial charge in [0.15, 0.2) is 0 Å². The number of para-hydroxylation sites is 1. The summed E-state index contributed by atoms with van der Waals surface area (Å²) in [6.07, 6.45) is -3.71. The summed E-state index contributed by atoms with van der Waals surface area (Å²) in [6.45, 7) is 5.75. The molecule has 1 rings (SSSR count). The van der Waals surface area contributed by atoms with E-state index in [4.69, 9.17) is 5.73 Å². The minimum absolute atomic E-state index is 0.138. The van der Waals surface area contributed by atoms with Gasteiger partial charge in [0.25, 0.3) is 5.91 Å². The standard InChI is InChI=1S/C14H19F3N2O/c1-4-8(2)9(3)19-13(20)10-6-5-7-11(12(10)18)14(15,16)17/h5-9H,4,18H2,1-3H3,(H,19,20). The molecule has 0 aliphatic rings. The summed E-state index contributed by atoms with van der Waals surface area (Å²) in [4.78, 5) is 12.0. The molecule has 2 unspecified atom stereocenters. The van der Waals surface area contributed by atoms with Gasteiger partial charge in [-0.3, -0.25) is 4.79 Å². The Morgan fingerprint density at radius 1 is 1.35 bits per heavy atom. The zero-order valence-electron chi connectivity index (χ0n) is 11.7. The number of halogens is 3. The Balaban J connectivity index is 3.01. The molecule has 1 aromatic carbocycles. The van der Waals surface area contributed by atoms with E-state index >= 15 is 0 Å². The van der Waals surface area contributed by atoms with E-state index in [9.17, 15) is 18.0 Å². The molecule has 112 valence electrons. The van der Waals surface area contributed by atoms with Gasteiger partial charge in [-0.05, 0) is 25.0 Å². The van der Waals surface area contributed by atoms with E-state index in [1.165, 1.54) is 12.1 Å². The number of carbonyl (C=O) groups is 1. The molecule has 0 heterocycles. The third-order valence-corrected chi connectivity index (χ3v) is 3.51. The zero-order chi connectivity index (χ0) is 15.5. The zero-order valence-corrected chi connectivity index (χ0v) is 11.7. The number of carbonyl (C=O) groups excluding carboxylic acids is 1. The second-order valence-electron chi connectivity index (χ2n) is 4.91. The second-order valence-corrected chi connectivity index (χ2v) is 4.91. The average Bonchev–Trinajstić information content (AvgIpc) is 2.36. The quantitative estimate of drug-likeness (QED) is 0.834. The first-order chi connectivity index (χ1) is 9.18. The summed E-state index contributed by atoms with van der Waals surface area (Å²) in [7, 11) is 0. The van der Waals surface area contributed by atoms with Crippen LogP contribution in [-0.4, -0.2) is 11.9 Å². The summed E-state index contributed by atoms with van der Waals surface area (Å²) in [5, 5.41) is 2.68. The first-order valence-corrected chi connectivity index (χ1v) is 6.45. The van der Waals surface area contributed by atoms with Crippen molar-refractivity contribution < 1.29 is 18.0 Å².